The van der Waals surface area contributed by atoms with Crippen molar-refractivity contribution in [3.05, 3.63) is 29.8 Å². The van der Waals surface area contributed by atoms with Crippen LogP contribution in [0.25, 0.3) is 0 Å². The summed E-state index contributed by atoms with van der Waals surface area (Å²) in [5.74, 6) is 0.169. The van der Waals surface area contributed by atoms with Crippen molar-refractivity contribution in [1.82, 2.24) is 0 Å². The maximum absolute atomic E-state index is 12.3. The van der Waals surface area contributed by atoms with Gasteiger partial charge in [-0.1, -0.05) is 6.42 Å². The smallest absolute Gasteiger partial charge is 0.309 e. The molecule has 0 heterocycles. The number of carbonyl (C=O) groups excluding carboxylic acids is 3. The van der Waals surface area contributed by atoms with Crippen molar-refractivity contribution < 1.29 is 23.9 Å². The number of ketones is 2. The van der Waals surface area contributed by atoms with Crippen molar-refractivity contribution in [2.24, 2.45) is 17.8 Å². The lowest BCUT2D eigenvalue weighted by atomic mass is 9.67. The van der Waals surface area contributed by atoms with E-state index < -0.39 is 0 Å². The summed E-state index contributed by atoms with van der Waals surface area (Å²) in [5, 5.41) is 0. The van der Waals surface area contributed by atoms with Gasteiger partial charge in [-0.3, -0.25) is 14.4 Å². The maximum Gasteiger partial charge on any atom is 0.309 e. The number of fused-ring (bicyclic) bond motifs is 2. The summed E-state index contributed by atoms with van der Waals surface area (Å²) >= 11 is 0. The highest BCUT2D eigenvalue weighted by atomic mass is 16.5. The summed E-state index contributed by atoms with van der Waals surface area (Å²) in [6, 6.07) is 6.70. The Kier molecular flexibility index (Phi) is 4.97. The summed E-state index contributed by atoms with van der Waals surface area (Å²) in [5.41, 5.74) is 0.485. The molecule has 1 aromatic rings. The molecule has 3 atom stereocenters. The van der Waals surface area contributed by atoms with Crippen LogP contribution in [0.3, 0.4) is 0 Å². The Balaban J connectivity index is 1.53. The van der Waals surface area contributed by atoms with Gasteiger partial charge in [-0.15, -0.1) is 0 Å². The number of methoxy groups -OCH3 is 1. The van der Waals surface area contributed by atoms with Crippen molar-refractivity contribution in [2.75, 3.05) is 13.7 Å². The second kappa shape index (κ2) is 7.16. The molecule has 128 valence electrons. The fourth-order valence-corrected chi connectivity index (χ4v) is 3.79. The fraction of sp³-hybridized carbons (Fsp3) is 0.526. The quantitative estimate of drug-likeness (QED) is 0.613. The van der Waals surface area contributed by atoms with Crippen LogP contribution >= 0.6 is 0 Å². The number of Topliss-reactive ketones (excluding diaryl/α,β-unsaturated/α-hetero) is 2. The zero-order valence-corrected chi connectivity index (χ0v) is 13.8. The van der Waals surface area contributed by atoms with Crippen LogP contribution in [-0.4, -0.2) is 31.3 Å². The molecule has 0 N–H and O–H groups in total. The Bertz CT molecular complexity index is 618. The summed E-state index contributed by atoms with van der Waals surface area (Å²) in [6.07, 6.45) is 3.97. The van der Waals surface area contributed by atoms with E-state index in [1.165, 1.54) is 0 Å². The lowest BCUT2D eigenvalue weighted by Crippen LogP contribution is -2.39. The van der Waals surface area contributed by atoms with Gasteiger partial charge in [0, 0.05) is 17.4 Å². The number of carbonyl (C=O) groups is 3. The highest BCUT2D eigenvalue weighted by molar-refractivity contribution is 5.98. The van der Waals surface area contributed by atoms with Gasteiger partial charge in [0.2, 0.25) is 0 Å². The zero-order valence-electron chi connectivity index (χ0n) is 13.8. The molecule has 3 rings (SSSR count). The van der Waals surface area contributed by atoms with Gasteiger partial charge in [0.25, 0.3) is 0 Å². The normalized spacial score (nSPS) is 25.9. The molecule has 24 heavy (non-hydrogen) atoms. The van der Waals surface area contributed by atoms with E-state index in [2.05, 4.69) is 0 Å². The van der Waals surface area contributed by atoms with E-state index in [1.807, 2.05) is 0 Å². The lowest BCUT2D eigenvalue weighted by Gasteiger charge is -2.36. The van der Waals surface area contributed by atoms with Crippen molar-refractivity contribution in [2.45, 2.75) is 32.1 Å². The Morgan fingerprint density at radius 3 is 2.29 bits per heavy atom. The molecule has 5 nitrogen and oxygen atoms in total. The number of ether oxygens (including phenoxy) is 2. The van der Waals surface area contributed by atoms with Crippen LogP contribution in [0.2, 0.25) is 0 Å². The maximum atomic E-state index is 12.3. The Morgan fingerprint density at radius 2 is 1.71 bits per heavy atom. The molecule has 2 bridgehead atoms. The first-order valence-corrected chi connectivity index (χ1v) is 8.46. The van der Waals surface area contributed by atoms with Gasteiger partial charge in [-0.2, -0.15) is 0 Å². The van der Waals surface area contributed by atoms with E-state index >= 15 is 0 Å². The van der Waals surface area contributed by atoms with E-state index in [0.29, 0.717) is 29.9 Å². The third kappa shape index (κ3) is 3.50. The molecular weight excluding hydrogens is 308 g/mol. The molecule has 2 aliphatic carbocycles. The molecule has 0 spiro atoms. The van der Waals surface area contributed by atoms with Crippen molar-refractivity contribution in [3.63, 3.8) is 0 Å². The van der Waals surface area contributed by atoms with Crippen LogP contribution in [0.4, 0.5) is 0 Å². The molecule has 0 saturated heterocycles. The van der Waals surface area contributed by atoms with E-state index in [0.717, 1.165) is 19.3 Å². The molecule has 1 aromatic carbocycles. The molecule has 0 radical (unpaired) electrons. The number of esters is 1. The second-order valence-corrected chi connectivity index (χ2v) is 6.65. The number of benzene rings is 1. The van der Waals surface area contributed by atoms with Crippen LogP contribution in [0, 0.1) is 17.8 Å². The van der Waals surface area contributed by atoms with Gasteiger partial charge in [-0.05, 0) is 49.9 Å². The summed E-state index contributed by atoms with van der Waals surface area (Å²) in [4.78, 5) is 36.4. The minimum atomic E-state index is -0.346. The Hall–Kier alpha value is -2.17. The average molecular weight is 330 g/mol. The molecule has 0 amide bonds. The highest BCUT2D eigenvalue weighted by Crippen LogP contribution is 2.40. The molecule has 2 fully saturated rings. The zero-order chi connectivity index (χ0) is 17.1. The SMILES string of the molecule is COc1ccc(C(=O)COC(=O)C2C[C@H]3CCC[C@@H](C2)C3=O)cc1. The van der Waals surface area contributed by atoms with Crippen LogP contribution in [0.1, 0.15) is 42.5 Å². The van der Waals surface area contributed by atoms with Gasteiger partial charge in [0.1, 0.15) is 11.5 Å². The van der Waals surface area contributed by atoms with Crippen molar-refractivity contribution in [1.29, 1.82) is 0 Å². The molecule has 0 aromatic heterocycles. The molecule has 5 heteroatoms. The monoisotopic (exact) mass is 330 g/mol. The summed E-state index contributed by atoms with van der Waals surface area (Å²) < 4.78 is 10.3. The van der Waals surface area contributed by atoms with E-state index in [9.17, 15) is 14.4 Å². The van der Waals surface area contributed by atoms with Gasteiger partial charge in [0.15, 0.2) is 12.4 Å². The predicted molar refractivity (Wildman–Crippen MR) is 86.8 cm³/mol. The highest BCUT2D eigenvalue weighted by Gasteiger charge is 2.41. The van der Waals surface area contributed by atoms with Gasteiger partial charge >= 0.3 is 5.97 Å². The summed E-state index contributed by atoms with van der Waals surface area (Å²) in [6.45, 7) is -0.259. The molecule has 1 unspecified atom stereocenters. The Morgan fingerprint density at radius 1 is 1.08 bits per heavy atom. The standard InChI is InChI=1S/C19H22O5/c1-23-16-7-5-12(6-8-16)17(20)11-24-19(22)15-9-13-3-2-4-14(10-15)18(13)21/h5-8,13-15H,2-4,9-11H2,1H3/t13-,14+,15?. The first kappa shape index (κ1) is 16.7. The van der Waals surface area contributed by atoms with Gasteiger partial charge in [0.05, 0.1) is 13.0 Å². The average Bonchev–Trinajstić information content (AvgIpc) is 2.59. The fourth-order valence-electron chi connectivity index (χ4n) is 3.79. The van der Waals surface area contributed by atoms with Crippen LogP contribution in [0.5, 0.6) is 5.75 Å². The van der Waals surface area contributed by atoms with Crippen LogP contribution in [0.15, 0.2) is 24.3 Å². The van der Waals surface area contributed by atoms with Crippen LogP contribution in [-0.2, 0) is 14.3 Å². The molecular formula is C19H22O5. The first-order valence-electron chi connectivity index (χ1n) is 8.46. The third-order valence-corrected chi connectivity index (χ3v) is 5.14. The first-order chi connectivity index (χ1) is 11.6. The topological polar surface area (TPSA) is 69.7 Å². The van der Waals surface area contributed by atoms with E-state index in [4.69, 9.17) is 9.47 Å². The second-order valence-electron chi connectivity index (χ2n) is 6.65. The summed E-state index contributed by atoms with van der Waals surface area (Å²) in [7, 11) is 1.56. The molecule has 0 aliphatic heterocycles. The van der Waals surface area contributed by atoms with Crippen molar-refractivity contribution >= 4 is 17.5 Å². The molecule has 2 saturated carbocycles. The molecule has 2 aliphatic rings. The van der Waals surface area contributed by atoms with Crippen LogP contribution < -0.4 is 4.74 Å². The minimum Gasteiger partial charge on any atom is -0.497 e. The van der Waals surface area contributed by atoms with E-state index in [1.54, 1.807) is 31.4 Å². The minimum absolute atomic E-state index is 0.00680. The van der Waals surface area contributed by atoms with Crippen molar-refractivity contribution in [3.8, 4) is 5.75 Å². The number of rotatable bonds is 5. The third-order valence-electron chi connectivity index (χ3n) is 5.14. The lowest BCUT2D eigenvalue weighted by molar-refractivity contribution is -0.152. The van der Waals surface area contributed by atoms with E-state index in [-0.39, 0.29) is 36.1 Å². The predicted octanol–water partition coefficient (Wildman–Crippen LogP) is 2.82. The Labute approximate surface area is 141 Å². The number of hydrogen-bond donors (Lipinski definition) is 0. The van der Waals surface area contributed by atoms with Gasteiger partial charge < -0.3 is 9.47 Å². The largest absolute Gasteiger partial charge is 0.497 e. The number of hydrogen-bond acceptors (Lipinski definition) is 5. The van der Waals surface area contributed by atoms with Gasteiger partial charge in [-0.25, -0.2) is 0 Å².